The van der Waals surface area contributed by atoms with Crippen LogP contribution in [0.2, 0.25) is 0 Å². The van der Waals surface area contributed by atoms with Gasteiger partial charge in [0.1, 0.15) is 0 Å². The average molecular weight is 269 g/mol. The molecule has 5 nitrogen and oxygen atoms in total. The minimum Gasteiger partial charge on any atom is -0.481 e. The van der Waals surface area contributed by atoms with Crippen molar-refractivity contribution in [1.29, 1.82) is 0 Å². The number of rotatable bonds is 5. The lowest BCUT2D eigenvalue weighted by Crippen LogP contribution is -2.50. The van der Waals surface area contributed by atoms with Crippen LogP contribution in [0.3, 0.4) is 0 Å². The summed E-state index contributed by atoms with van der Waals surface area (Å²) >= 11 is 1.57. The number of hydrogen-bond donors (Lipinski definition) is 2. The molecule has 1 aliphatic heterocycles. The highest BCUT2D eigenvalue weighted by Gasteiger charge is 2.13. The maximum absolute atomic E-state index is 10.6. The van der Waals surface area contributed by atoms with E-state index >= 15 is 0 Å². The predicted octanol–water partition coefficient (Wildman–Crippen LogP) is 0.627. The van der Waals surface area contributed by atoms with Crippen molar-refractivity contribution in [1.82, 2.24) is 15.3 Å². The SMILES string of the molecule is CN1CCN(NCc2ccc(CC(=O)O)s2)CC1. The number of carbonyl (C=O) groups is 1. The zero-order chi connectivity index (χ0) is 13.0. The summed E-state index contributed by atoms with van der Waals surface area (Å²) in [5.74, 6) is -0.768. The van der Waals surface area contributed by atoms with E-state index < -0.39 is 5.97 Å². The minimum atomic E-state index is -0.768. The Morgan fingerprint density at radius 2 is 2.00 bits per heavy atom. The van der Waals surface area contributed by atoms with Gasteiger partial charge in [0.2, 0.25) is 0 Å². The molecule has 2 heterocycles. The van der Waals surface area contributed by atoms with E-state index in [1.165, 1.54) is 4.88 Å². The number of hydrogen-bond acceptors (Lipinski definition) is 5. The van der Waals surface area contributed by atoms with Crippen LogP contribution in [0.5, 0.6) is 0 Å². The average Bonchev–Trinajstić information content (AvgIpc) is 2.75. The Bertz CT molecular complexity index is 400. The Hall–Kier alpha value is -0.950. The van der Waals surface area contributed by atoms with Crippen molar-refractivity contribution < 1.29 is 9.90 Å². The monoisotopic (exact) mass is 269 g/mol. The number of thiophene rings is 1. The summed E-state index contributed by atoms with van der Waals surface area (Å²) in [5.41, 5.74) is 3.39. The molecular weight excluding hydrogens is 250 g/mol. The molecule has 1 fully saturated rings. The van der Waals surface area contributed by atoms with Crippen molar-refractivity contribution in [3.63, 3.8) is 0 Å². The molecule has 0 amide bonds. The molecule has 0 saturated carbocycles. The molecule has 1 aliphatic rings. The number of nitrogens with zero attached hydrogens (tertiary/aromatic N) is 2. The van der Waals surface area contributed by atoms with Gasteiger partial charge in [-0.2, -0.15) is 0 Å². The molecule has 0 spiro atoms. The molecule has 1 saturated heterocycles. The van der Waals surface area contributed by atoms with Crippen LogP contribution in [0.15, 0.2) is 12.1 Å². The number of carboxylic acid groups (broad SMARTS) is 1. The highest BCUT2D eigenvalue weighted by molar-refractivity contribution is 7.12. The number of nitrogens with one attached hydrogen (secondary N) is 1. The van der Waals surface area contributed by atoms with Gasteiger partial charge in [-0.1, -0.05) is 0 Å². The first kappa shape index (κ1) is 13.5. The molecule has 2 rings (SSSR count). The largest absolute Gasteiger partial charge is 0.481 e. The predicted molar refractivity (Wildman–Crippen MR) is 71.6 cm³/mol. The second-order valence-corrected chi connectivity index (χ2v) is 5.82. The Morgan fingerprint density at radius 3 is 2.67 bits per heavy atom. The van der Waals surface area contributed by atoms with Crippen LogP contribution in [0.4, 0.5) is 0 Å². The fourth-order valence-electron chi connectivity index (χ4n) is 1.92. The standard InChI is InChI=1S/C12H19N3O2S/c1-14-4-6-15(7-5-14)13-9-11-3-2-10(18-11)8-12(16)17/h2-3,13H,4-9H2,1H3,(H,16,17). The minimum absolute atomic E-state index is 0.124. The van der Waals surface area contributed by atoms with Crippen LogP contribution < -0.4 is 5.43 Å². The summed E-state index contributed by atoms with van der Waals surface area (Å²) in [6.07, 6.45) is 0.124. The van der Waals surface area contributed by atoms with Crippen LogP contribution in [0.1, 0.15) is 9.75 Å². The Morgan fingerprint density at radius 1 is 1.33 bits per heavy atom. The zero-order valence-electron chi connectivity index (χ0n) is 10.6. The molecule has 1 aromatic rings. The lowest BCUT2D eigenvalue weighted by molar-refractivity contribution is -0.136. The third kappa shape index (κ3) is 4.06. The lowest BCUT2D eigenvalue weighted by atomic mass is 10.3. The topological polar surface area (TPSA) is 55.8 Å². The van der Waals surface area contributed by atoms with Crippen molar-refractivity contribution in [2.24, 2.45) is 0 Å². The van der Waals surface area contributed by atoms with Crippen molar-refractivity contribution >= 4 is 17.3 Å². The van der Waals surface area contributed by atoms with Gasteiger partial charge in [0.25, 0.3) is 0 Å². The van der Waals surface area contributed by atoms with Gasteiger partial charge in [0.15, 0.2) is 0 Å². The Labute approximate surface area is 111 Å². The van der Waals surface area contributed by atoms with Gasteiger partial charge >= 0.3 is 5.97 Å². The van der Waals surface area contributed by atoms with Crippen molar-refractivity contribution in [2.45, 2.75) is 13.0 Å². The maximum atomic E-state index is 10.6. The number of hydrazine groups is 1. The summed E-state index contributed by atoms with van der Waals surface area (Å²) in [6.45, 7) is 5.02. The summed E-state index contributed by atoms with van der Waals surface area (Å²) in [6, 6.07) is 3.91. The van der Waals surface area contributed by atoms with Crippen molar-refractivity contribution in [2.75, 3.05) is 33.2 Å². The van der Waals surface area contributed by atoms with Crippen LogP contribution >= 0.6 is 11.3 Å². The molecule has 0 aromatic carbocycles. The van der Waals surface area contributed by atoms with E-state index in [2.05, 4.69) is 22.4 Å². The molecule has 100 valence electrons. The molecule has 2 N–H and O–H groups in total. The van der Waals surface area contributed by atoms with E-state index in [4.69, 9.17) is 5.11 Å². The first-order valence-corrected chi connectivity index (χ1v) is 6.91. The van der Waals surface area contributed by atoms with Gasteiger partial charge in [-0.15, -0.1) is 11.3 Å². The Balaban J connectivity index is 1.76. The van der Waals surface area contributed by atoms with E-state index in [0.29, 0.717) is 0 Å². The normalized spacial score (nSPS) is 18.1. The second-order valence-electron chi connectivity index (χ2n) is 4.56. The summed E-state index contributed by atoms with van der Waals surface area (Å²) in [7, 11) is 2.13. The van der Waals surface area contributed by atoms with E-state index in [-0.39, 0.29) is 6.42 Å². The van der Waals surface area contributed by atoms with Crippen LogP contribution in [0, 0.1) is 0 Å². The van der Waals surface area contributed by atoms with Gasteiger partial charge in [-0.25, -0.2) is 10.4 Å². The molecule has 0 bridgehead atoms. The second kappa shape index (κ2) is 6.29. The molecule has 18 heavy (non-hydrogen) atoms. The molecular formula is C12H19N3O2S. The Kier molecular flexibility index (Phi) is 4.71. The number of aliphatic carboxylic acids is 1. The molecule has 0 unspecified atom stereocenters. The van der Waals surface area contributed by atoms with Crippen molar-refractivity contribution in [3.05, 3.63) is 21.9 Å². The van der Waals surface area contributed by atoms with E-state index in [1.54, 1.807) is 11.3 Å². The highest BCUT2D eigenvalue weighted by atomic mass is 32.1. The summed E-state index contributed by atoms with van der Waals surface area (Å²) in [5, 5.41) is 10.9. The molecule has 0 aliphatic carbocycles. The third-order valence-electron chi connectivity index (χ3n) is 3.02. The first-order valence-electron chi connectivity index (χ1n) is 6.10. The summed E-state index contributed by atoms with van der Waals surface area (Å²) in [4.78, 5) is 15.0. The van der Waals surface area contributed by atoms with E-state index in [1.807, 2.05) is 12.1 Å². The van der Waals surface area contributed by atoms with Gasteiger partial charge in [-0.05, 0) is 19.2 Å². The van der Waals surface area contributed by atoms with E-state index in [0.717, 1.165) is 37.6 Å². The molecule has 6 heteroatoms. The van der Waals surface area contributed by atoms with Gasteiger partial charge in [0, 0.05) is 42.5 Å². The third-order valence-corrected chi connectivity index (χ3v) is 4.11. The zero-order valence-corrected chi connectivity index (χ0v) is 11.4. The number of piperazine rings is 1. The quantitative estimate of drug-likeness (QED) is 0.821. The fourth-order valence-corrected chi connectivity index (χ4v) is 2.86. The fraction of sp³-hybridized carbons (Fsp3) is 0.583. The molecule has 0 atom stereocenters. The van der Waals surface area contributed by atoms with Crippen LogP contribution in [-0.2, 0) is 17.8 Å². The van der Waals surface area contributed by atoms with Crippen molar-refractivity contribution in [3.8, 4) is 0 Å². The number of carboxylic acids is 1. The van der Waals surface area contributed by atoms with Gasteiger partial charge < -0.3 is 10.0 Å². The van der Waals surface area contributed by atoms with Gasteiger partial charge in [0.05, 0.1) is 6.42 Å². The van der Waals surface area contributed by atoms with Crippen LogP contribution in [0.25, 0.3) is 0 Å². The first-order chi connectivity index (χ1) is 8.63. The lowest BCUT2D eigenvalue weighted by Gasteiger charge is -2.32. The molecule has 0 radical (unpaired) electrons. The summed E-state index contributed by atoms with van der Waals surface area (Å²) < 4.78 is 0. The highest BCUT2D eigenvalue weighted by Crippen LogP contribution is 2.17. The van der Waals surface area contributed by atoms with Crippen LogP contribution in [-0.4, -0.2) is 54.2 Å². The van der Waals surface area contributed by atoms with E-state index in [9.17, 15) is 4.79 Å². The smallest absolute Gasteiger partial charge is 0.308 e. The molecule has 1 aromatic heterocycles. The maximum Gasteiger partial charge on any atom is 0.308 e. The number of likely N-dealkylation sites (N-methyl/N-ethyl adjacent to an activating group) is 1. The van der Waals surface area contributed by atoms with Gasteiger partial charge in [-0.3, -0.25) is 4.79 Å².